The first-order valence-corrected chi connectivity index (χ1v) is 6.04. The summed E-state index contributed by atoms with van der Waals surface area (Å²) in [4.78, 5) is 0. The second kappa shape index (κ2) is 8.20. The van der Waals surface area contributed by atoms with E-state index < -0.39 is 9.28 Å². The third-order valence-electron chi connectivity index (χ3n) is 1.27. The molecule has 0 aliphatic rings. The average Bonchev–Trinajstić information content (AvgIpc) is 2.01. The lowest BCUT2D eigenvalue weighted by Gasteiger charge is -2.14. The molecule has 0 aliphatic heterocycles. The summed E-state index contributed by atoms with van der Waals surface area (Å²) in [6.45, 7) is 8.62. The van der Waals surface area contributed by atoms with E-state index in [0.29, 0.717) is 0 Å². The van der Waals surface area contributed by atoms with E-state index >= 15 is 0 Å². The zero-order valence-corrected chi connectivity index (χ0v) is 8.88. The van der Waals surface area contributed by atoms with E-state index in [1.165, 1.54) is 0 Å². The molecule has 3 nitrogen and oxygen atoms in total. The summed E-state index contributed by atoms with van der Waals surface area (Å²) in [7, 11) is -1.36. The van der Waals surface area contributed by atoms with E-state index in [9.17, 15) is 0 Å². The van der Waals surface area contributed by atoms with Gasteiger partial charge in [0.2, 0.25) is 0 Å². The topological polar surface area (TPSA) is 30.5 Å². The molecule has 0 aromatic carbocycles. The van der Waals surface area contributed by atoms with Gasteiger partial charge in [-0.1, -0.05) is 6.92 Å². The van der Waals surface area contributed by atoms with Crippen LogP contribution in [0.4, 0.5) is 0 Å². The Bertz CT molecular complexity index is 76.8. The summed E-state index contributed by atoms with van der Waals surface area (Å²) in [5.74, 6) is 0. The van der Waals surface area contributed by atoms with E-state index in [4.69, 9.17) is 8.85 Å². The highest BCUT2D eigenvalue weighted by molar-refractivity contribution is 6.44. The number of hydrogen-bond donors (Lipinski definition) is 1. The van der Waals surface area contributed by atoms with Gasteiger partial charge in [0.05, 0.1) is 0 Å². The molecular weight excluding hydrogens is 158 g/mol. The van der Waals surface area contributed by atoms with E-state index in [-0.39, 0.29) is 0 Å². The van der Waals surface area contributed by atoms with Crippen LogP contribution >= 0.6 is 0 Å². The normalized spacial score (nSPS) is 10.9. The van der Waals surface area contributed by atoms with Crippen molar-refractivity contribution in [1.82, 2.24) is 5.32 Å². The Morgan fingerprint density at radius 1 is 1.09 bits per heavy atom. The minimum Gasteiger partial charge on any atom is -0.396 e. The Balaban J connectivity index is 3.34. The molecule has 0 unspecified atom stereocenters. The minimum absolute atomic E-state index is 0.766. The minimum atomic E-state index is -1.36. The molecular formula is C7H19NO2Si. The van der Waals surface area contributed by atoms with Gasteiger partial charge >= 0.3 is 9.28 Å². The maximum Gasteiger partial charge on any atom is 0.335 e. The molecule has 0 heterocycles. The maximum absolute atomic E-state index is 5.44. The lowest BCUT2D eigenvalue weighted by molar-refractivity contribution is 0.212. The first-order chi connectivity index (χ1) is 5.35. The van der Waals surface area contributed by atoms with Crippen molar-refractivity contribution in [2.45, 2.75) is 20.8 Å². The monoisotopic (exact) mass is 177 g/mol. The van der Waals surface area contributed by atoms with Crippen LogP contribution in [-0.4, -0.2) is 35.2 Å². The van der Waals surface area contributed by atoms with Gasteiger partial charge in [0, 0.05) is 19.4 Å². The summed E-state index contributed by atoms with van der Waals surface area (Å²) >= 11 is 0. The van der Waals surface area contributed by atoms with Gasteiger partial charge in [-0.15, -0.1) is 0 Å². The van der Waals surface area contributed by atoms with Crippen LogP contribution in [0.1, 0.15) is 20.8 Å². The molecule has 0 bridgehead atoms. The molecule has 0 fully saturated rings. The number of nitrogens with one attached hydrogen (secondary N) is 1. The molecule has 0 saturated carbocycles. The van der Waals surface area contributed by atoms with Crippen LogP contribution in [0, 0.1) is 0 Å². The Morgan fingerprint density at radius 2 is 1.64 bits per heavy atom. The second-order valence-electron chi connectivity index (χ2n) is 2.15. The Hall–Kier alpha value is 0.0969. The fraction of sp³-hybridized carbons (Fsp3) is 1.00. The fourth-order valence-electron chi connectivity index (χ4n) is 0.800. The highest BCUT2D eigenvalue weighted by Gasteiger charge is 2.09. The molecule has 0 rings (SSSR count). The van der Waals surface area contributed by atoms with Gasteiger partial charge in [0.25, 0.3) is 0 Å². The van der Waals surface area contributed by atoms with Crippen molar-refractivity contribution in [3.8, 4) is 0 Å². The molecule has 0 radical (unpaired) electrons. The lowest BCUT2D eigenvalue weighted by atomic mass is 10.8. The third kappa shape index (κ3) is 6.49. The van der Waals surface area contributed by atoms with Crippen LogP contribution in [0.5, 0.6) is 0 Å². The molecule has 4 heteroatoms. The van der Waals surface area contributed by atoms with Crippen molar-refractivity contribution in [1.29, 1.82) is 0 Å². The molecule has 0 aliphatic carbocycles. The van der Waals surface area contributed by atoms with E-state index in [0.717, 1.165) is 25.9 Å². The number of hydrogen-bond acceptors (Lipinski definition) is 3. The zero-order valence-electron chi connectivity index (χ0n) is 7.72. The Morgan fingerprint density at radius 3 is 2.00 bits per heavy atom. The second-order valence-corrected chi connectivity index (χ2v) is 4.08. The van der Waals surface area contributed by atoms with Crippen LogP contribution in [-0.2, 0) is 8.85 Å². The first-order valence-electron chi connectivity index (χ1n) is 4.29. The summed E-state index contributed by atoms with van der Waals surface area (Å²) in [6, 6.07) is 0. The van der Waals surface area contributed by atoms with Gasteiger partial charge in [-0.05, 0) is 20.4 Å². The third-order valence-corrected chi connectivity index (χ3v) is 3.30. The fourth-order valence-corrected chi connectivity index (χ4v) is 2.40. The zero-order chi connectivity index (χ0) is 8.53. The number of rotatable bonds is 7. The van der Waals surface area contributed by atoms with Crippen molar-refractivity contribution < 1.29 is 8.85 Å². The van der Waals surface area contributed by atoms with Gasteiger partial charge in [-0.2, -0.15) is 0 Å². The smallest absolute Gasteiger partial charge is 0.335 e. The molecule has 1 N–H and O–H groups in total. The molecule has 11 heavy (non-hydrogen) atoms. The maximum atomic E-state index is 5.44. The molecule has 68 valence electrons. The van der Waals surface area contributed by atoms with Crippen LogP contribution in [0.3, 0.4) is 0 Å². The highest BCUT2D eigenvalue weighted by Crippen LogP contribution is 1.87. The van der Waals surface area contributed by atoms with Crippen LogP contribution < -0.4 is 5.32 Å². The van der Waals surface area contributed by atoms with Crippen LogP contribution in [0.2, 0.25) is 0 Å². The van der Waals surface area contributed by atoms with Gasteiger partial charge in [0.1, 0.15) is 0 Å². The van der Waals surface area contributed by atoms with Gasteiger partial charge in [-0.25, -0.2) is 0 Å². The standard InChI is InChI=1S/C7H19NO2Si/c1-4-8-7-11(9-5-2)10-6-3/h8,11H,4-7H2,1-3H3. The summed E-state index contributed by atoms with van der Waals surface area (Å²) < 4.78 is 10.9. The van der Waals surface area contributed by atoms with E-state index in [1.54, 1.807) is 0 Å². The lowest BCUT2D eigenvalue weighted by Crippen LogP contribution is -2.36. The van der Waals surface area contributed by atoms with Gasteiger partial charge in [0.15, 0.2) is 0 Å². The van der Waals surface area contributed by atoms with Crippen molar-refractivity contribution in [3.05, 3.63) is 0 Å². The first kappa shape index (κ1) is 11.1. The van der Waals surface area contributed by atoms with Crippen molar-refractivity contribution in [2.75, 3.05) is 25.9 Å². The largest absolute Gasteiger partial charge is 0.396 e. The highest BCUT2D eigenvalue weighted by atomic mass is 28.3. The van der Waals surface area contributed by atoms with Crippen LogP contribution in [0.25, 0.3) is 0 Å². The van der Waals surface area contributed by atoms with Gasteiger partial charge < -0.3 is 14.2 Å². The van der Waals surface area contributed by atoms with Crippen molar-refractivity contribution >= 4 is 9.28 Å². The molecule has 0 aromatic heterocycles. The van der Waals surface area contributed by atoms with Gasteiger partial charge in [-0.3, -0.25) is 0 Å². The van der Waals surface area contributed by atoms with E-state index in [2.05, 4.69) is 12.2 Å². The predicted octanol–water partition coefficient (Wildman–Crippen LogP) is 0.429. The SMILES string of the molecule is CCNC[SiH](OCC)OCC. The summed E-state index contributed by atoms with van der Waals surface area (Å²) in [6.07, 6.45) is 0.915. The average molecular weight is 177 g/mol. The molecule has 0 saturated heterocycles. The molecule has 0 amide bonds. The van der Waals surface area contributed by atoms with Crippen LogP contribution in [0.15, 0.2) is 0 Å². The molecule has 0 atom stereocenters. The van der Waals surface area contributed by atoms with Crippen molar-refractivity contribution in [3.63, 3.8) is 0 Å². The Labute approximate surface area is 70.9 Å². The molecule has 0 aromatic rings. The van der Waals surface area contributed by atoms with Crippen molar-refractivity contribution in [2.24, 2.45) is 0 Å². The summed E-state index contributed by atoms with van der Waals surface area (Å²) in [5.41, 5.74) is 0. The molecule has 0 spiro atoms. The quantitative estimate of drug-likeness (QED) is 0.572. The van der Waals surface area contributed by atoms with E-state index in [1.807, 2.05) is 13.8 Å². The summed E-state index contributed by atoms with van der Waals surface area (Å²) in [5, 5.41) is 3.23. The Kier molecular flexibility index (Phi) is 8.27. The predicted molar refractivity (Wildman–Crippen MR) is 48.9 cm³/mol.